The molecule has 0 bridgehead atoms. The maximum atomic E-state index is 13.1. The lowest BCUT2D eigenvalue weighted by Gasteiger charge is -2.38. The van der Waals surface area contributed by atoms with E-state index in [0.29, 0.717) is 19.4 Å². The van der Waals surface area contributed by atoms with Crippen molar-refractivity contribution in [2.45, 2.75) is 51.4 Å². The van der Waals surface area contributed by atoms with E-state index in [0.717, 1.165) is 5.56 Å². The number of likely N-dealkylation sites (tertiary alicyclic amines) is 1. The van der Waals surface area contributed by atoms with Gasteiger partial charge in [-0.25, -0.2) is 9.18 Å². The van der Waals surface area contributed by atoms with E-state index in [-0.39, 0.29) is 11.9 Å². The molecule has 2 atom stereocenters. The first-order valence-corrected chi connectivity index (χ1v) is 7.19. The molecule has 1 saturated heterocycles. The normalized spacial score (nSPS) is 23.0. The lowest BCUT2D eigenvalue weighted by Crippen LogP contribution is -2.44. The van der Waals surface area contributed by atoms with Crippen LogP contribution >= 0.6 is 0 Å². The van der Waals surface area contributed by atoms with Crippen molar-refractivity contribution in [3.05, 3.63) is 35.6 Å². The molecule has 5 heteroatoms. The van der Waals surface area contributed by atoms with Gasteiger partial charge in [-0.05, 0) is 51.3 Å². The molecule has 0 saturated carbocycles. The molecule has 4 nitrogen and oxygen atoms in total. The van der Waals surface area contributed by atoms with Crippen molar-refractivity contribution in [1.29, 1.82) is 0 Å². The number of hydrogen-bond acceptors (Lipinski definition) is 3. The molecule has 0 spiro atoms. The molecule has 1 fully saturated rings. The zero-order chi connectivity index (χ0) is 15.6. The second kappa shape index (κ2) is 6.02. The van der Waals surface area contributed by atoms with E-state index in [1.165, 1.54) is 12.1 Å². The van der Waals surface area contributed by atoms with Crippen LogP contribution in [0.1, 0.15) is 45.2 Å². The van der Waals surface area contributed by atoms with E-state index in [1.54, 1.807) is 17.0 Å². The number of rotatable bonds is 1. The third-order valence-electron chi connectivity index (χ3n) is 3.46. The lowest BCUT2D eigenvalue weighted by atomic mass is 9.94. The zero-order valence-electron chi connectivity index (χ0n) is 12.7. The SMILES string of the molecule is CC(C)(C)OC(=O)N1CC[C@@H](O)C[C@@H]1c1ccc(F)cc1. The Bertz CT molecular complexity index is 495. The van der Waals surface area contributed by atoms with Crippen LogP contribution in [0.4, 0.5) is 9.18 Å². The second-order valence-electron chi connectivity index (χ2n) is 6.42. The first-order valence-electron chi connectivity index (χ1n) is 7.19. The molecule has 21 heavy (non-hydrogen) atoms. The number of aliphatic hydroxyl groups is 1. The molecular formula is C16H22FNO3. The Morgan fingerprint density at radius 1 is 1.33 bits per heavy atom. The van der Waals surface area contributed by atoms with Crippen molar-refractivity contribution in [2.75, 3.05) is 6.54 Å². The highest BCUT2D eigenvalue weighted by Crippen LogP contribution is 2.32. The number of carbonyl (C=O) groups is 1. The molecule has 116 valence electrons. The average Bonchev–Trinajstić information content (AvgIpc) is 2.37. The van der Waals surface area contributed by atoms with E-state index in [2.05, 4.69) is 0 Å². The number of ether oxygens (including phenoxy) is 1. The third-order valence-corrected chi connectivity index (χ3v) is 3.46. The van der Waals surface area contributed by atoms with E-state index >= 15 is 0 Å². The Labute approximate surface area is 124 Å². The Morgan fingerprint density at radius 2 is 1.95 bits per heavy atom. The van der Waals surface area contributed by atoms with E-state index in [4.69, 9.17) is 4.74 Å². The van der Waals surface area contributed by atoms with Gasteiger partial charge >= 0.3 is 6.09 Å². The van der Waals surface area contributed by atoms with Gasteiger partial charge in [-0.1, -0.05) is 12.1 Å². The predicted octanol–water partition coefficient (Wildman–Crippen LogP) is 3.26. The Balaban J connectivity index is 2.21. The van der Waals surface area contributed by atoms with Gasteiger partial charge in [0.25, 0.3) is 0 Å². The highest BCUT2D eigenvalue weighted by Gasteiger charge is 2.34. The summed E-state index contributed by atoms with van der Waals surface area (Å²) < 4.78 is 18.5. The highest BCUT2D eigenvalue weighted by atomic mass is 19.1. The van der Waals surface area contributed by atoms with Crippen molar-refractivity contribution >= 4 is 6.09 Å². The number of piperidine rings is 1. The molecule has 1 aliphatic rings. The predicted molar refractivity (Wildman–Crippen MR) is 77.3 cm³/mol. The Morgan fingerprint density at radius 3 is 2.52 bits per heavy atom. The minimum absolute atomic E-state index is 0.288. The van der Waals surface area contributed by atoms with Crippen molar-refractivity contribution in [2.24, 2.45) is 0 Å². The first-order chi connectivity index (χ1) is 9.76. The quantitative estimate of drug-likeness (QED) is 0.865. The third kappa shape index (κ3) is 4.17. The highest BCUT2D eigenvalue weighted by molar-refractivity contribution is 5.69. The van der Waals surface area contributed by atoms with Crippen molar-refractivity contribution in [3.63, 3.8) is 0 Å². The van der Waals surface area contributed by atoms with Gasteiger partial charge in [0.05, 0.1) is 12.1 Å². The van der Waals surface area contributed by atoms with Crippen LogP contribution in [0.25, 0.3) is 0 Å². The summed E-state index contributed by atoms with van der Waals surface area (Å²) in [5.74, 6) is -0.320. The molecule has 0 aromatic heterocycles. The van der Waals surface area contributed by atoms with Crippen LogP contribution in [0, 0.1) is 5.82 Å². The number of hydrogen-bond donors (Lipinski definition) is 1. The molecule has 1 aromatic carbocycles. The van der Waals surface area contributed by atoms with Crippen molar-refractivity contribution in [3.8, 4) is 0 Å². The zero-order valence-corrected chi connectivity index (χ0v) is 12.7. The number of benzene rings is 1. The van der Waals surface area contributed by atoms with Gasteiger partial charge < -0.3 is 14.7 Å². The molecule has 0 radical (unpaired) electrons. The monoisotopic (exact) mass is 295 g/mol. The lowest BCUT2D eigenvalue weighted by molar-refractivity contribution is -0.00843. The van der Waals surface area contributed by atoms with Gasteiger partial charge in [0.1, 0.15) is 11.4 Å². The summed E-state index contributed by atoms with van der Waals surface area (Å²) in [5.41, 5.74) is 0.238. The smallest absolute Gasteiger partial charge is 0.410 e. The van der Waals surface area contributed by atoms with Crippen LogP contribution in [0.15, 0.2) is 24.3 Å². The summed E-state index contributed by atoms with van der Waals surface area (Å²) in [6, 6.07) is 5.74. The molecule has 0 unspecified atom stereocenters. The van der Waals surface area contributed by atoms with Crippen LogP contribution in [0.5, 0.6) is 0 Å². The minimum atomic E-state index is -0.569. The molecule has 1 amide bonds. The maximum Gasteiger partial charge on any atom is 0.410 e. The summed E-state index contributed by atoms with van der Waals surface area (Å²) in [4.78, 5) is 13.9. The van der Waals surface area contributed by atoms with Crippen molar-refractivity contribution < 1.29 is 19.0 Å². The minimum Gasteiger partial charge on any atom is -0.444 e. The molecule has 1 aromatic rings. The fourth-order valence-electron chi connectivity index (χ4n) is 2.49. The number of nitrogens with zero attached hydrogens (tertiary/aromatic N) is 1. The van der Waals surface area contributed by atoms with E-state index < -0.39 is 17.8 Å². The number of carbonyl (C=O) groups excluding carboxylic acids is 1. The number of amides is 1. The molecule has 0 aliphatic carbocycles. The summed E-state index contributed by atoms with van der Waals surface area (Å²) >= 11 is 0. The van der Waals surface area contributed by atoms with Crippen LogP contribution in [0.2, 0.25) is 0 Å². The largest absolute Gasteiger partial charge is 0.444 e. The van der Waals surface area contributed by atoms with E-state index in [9.17, 15) is 14.3 Å². The van der Waals surface area contributed by atoms with E-state index in [1.807, 2.05) is 20.8 Å². The number of halogens is 1. The van der Waals surface area contributed by atoms with Gasteiger partial charge in [0.15, 0.2) is 0 Å². The van der Waals surface area contributed by atoms with Crippen LogP contribution in [-0.4, -0.2) is 34.3 Å². The molecule has 1 heterocycles. The summed E-state index contributed by atoms with van der Waals surface area (Å²) in [6.07, 6.45) is 0.101. The summed E-state index contributed by atoms with van der Waals surface area (Å²) in [6.45, 7) is 5.88. The fourth-order valence-corrected chi connectivity index (χ4v) is 2.49. The topological polar surface area (TPSA) is 49.8 Å². The average molecular weight is 295 g/mol. The maximum absolute atomic E-state index is 13.1. The van der Waals surface area contributed by atoms with Crippen LogP contribution in [-0.2, 0) is 4.74 Å². The molecule has 1 aliphatic heterocycles. The Hall–Kier alpha value is -1.62. The van der Waals surface area contributed by atoms with Gasteiger partial charge in [0, 0.05) is 6.54 Å². The standard InChI is InChI=1S/C16H22FNO3/c1-16(2,3)21-15(20)18-9-8-13(19)10-14(18)11-4-6-12(17)7-5-11/h4-7,13-14,19H,8-10H2,1-3H3/t13-,14-/m1/s1. The van der Waals surface area contributed by atoms with Crippen molar-refractivity contribution in [1.82, 2.24) is 4.90 Å². The van der Waals surface area contributed by atoms with Crippen LogP contribution in [0.3, 0.4) is 0 Å². The summed E-state index contributed by atoms with van der Waals surface area (Å²) in [5, 5.41) is 9.87. The second-order valence-corrected chi connectivity index (χ2v) is 6.42. The van der Waals surface area contributed by atoms with Gasteiger partial charge in [0.2, 0.25) is 0 Å². The van der Waals surface area contributed by atoms with Gasteiger partial charge in [-0.3, -0.25) is 0 Å². The molecular weight excluding hydrogens is 273 g/mol. The van der Waals surface area contributed by atoms with Crippen LogP contribution < -0.4 is 0 Å². The summed E-state index contributed by atoms with van der Waals surface area (Å²) in [7, 11) is 0. The molecule has 1 N–H and O–H groups in total. The first kappa shape index (κ1) is 15.8. The molecule has 2 rings (SSSR count). The Kier molecular flexibility index (Phi) is 4.52. The van der Waals surface area contributed by atoms with Gasteiger partial charge in [-0.2, -0.15) is 0 Å². The van der Waals surface area contributed by atoms with Gasteiger partial charge in [-0.15, -0.1) is 0 Å². The number of aliphatic hydroxyl groups excluding tert-OH is 1. The fraction of sp³-hybridized carbons (Fsp3) is 0.562.